The fraction of sp³-hybridized carbons (Fsp3) is 0.318. The number of halogens is 2. The number of amides is 1. The Labute approximate surface area is 152 Å². The lowest BCUT2D eigenvalue weighted by Crippen LogP contribution is -2.36. The van der Waals surface area contributed by atoms with Crippen LogP contribution in [0.5, 0.6) is 0 Å². The van der Waals surface area contributed by atoms with E-state index in [0.717, 1.165) is 30.5 Å². The highest BCUT2D eigenvalue weighted by molar-refractivity contribution is 5.85. The summed E-state index contributed by atoms with van der Waals surface area (Å²) in [6.45, 7) is 2.28. The second-order valence-electron chi connectivity index (χ2n) is 7.26. The van der Waals surface area contributed by atoms with E-state index in [1.807, 2.05) is 43.3 Å². The van der Waals surface area contributed by atoms with Crippen LogP contribution in [0.15, 0.2) is 54.6 Å². The molecule has 0 aromatic heterocycles. The molecule has 4 heteroatoms. The lowest BCUT2D eigenvalue weighted by Gasteiger charge is -2.28. The number of rotatable bonds is 4. The summed E-state index contributed by atoms with van der Waals surface area (Å²) in [5.41, 5.74) is 1.88. The number of carbonyl (C=O) groups is 1. The second-order valence-corrected chi connectivity index (χ2v) is 7.26. The highest BCUT2D eigenvalue weighted by atomic mass is 19.1. The molecule has 2 aromatic rings. The van der Waals surface area contributed by atoms with E-state index in [0.29, 0.717) is 18.0 Å². The van der Waals surface area contributed by atoms with Crippen molar-refractivity contribution < 1.29 is 13.6 Å². The molecule has 1 fully saturated rings. The quantitative estimate of drug-likeness (QED) is 0.759. The molecular weight excluding hydrogens is 332 g/mol. The van der Waals surface area contributed by atoms with Gasteiger partial charge in [0.15, 0.2) is 0 Å². The van der Waals surface area contributed by atoms with Crippen LogP contribution in [0.25, 0.3) is 5.57 Å². The molecule has 4 rings (SSSR count). The van der Waals surface area contributed by atoms with Crippen molar-refractivity contribution in [3.63, 3.8) is 0 Å². The standard InChI is InChI=1S/C22H21F2NO/c1-14(15-7-8-15)22(26)25-13-17(19-12-18(23)9-10-20(19)24)11-21(25)16-5-3-2-4-6-16/h2-6,9-12,14-15,21H,7-8,13H2,1H3/t14-,21-/m0/s1. The predicted molar refractivity (Wildman–Crippen MR) is 97.1 cm³/mol. The number of hydrogen-bond acceptors (Lipinski definition) is 1. The Morgan fingerprint density at radius 2 is 1.85 bits per heavy atom. The van der Waals surface area contributed by atoms with Gasteiger partial charge in [0.25, 0.3) is 0 Å². The van der Waals surface area contributed by atoms with E-state index in [1.165, 1.54) is 6.07 Å². The monoisotopic (exact) mass is 353 g/mol. The molecule has 0 spiro atoms. The summed E-state index contributed by atoms with van der Waals surface area (Å²) in [5.74, 6) is -0.437. The fourth-order valence-corrected chi connectivity index (χ4v) is 3.73. The minimum atomic E-state index is -0.477. The second kappa shape index (κ2) is 6.67. The van der Waals surface area contributed by atoms with Crippen LogP contribution in [0.1, 0.15) is 36.9 Å². The van der Waals surface area contributed by atoms with Gasteiger partial charge in [-0.05, 0) is 48.1 Å². The van der Waals surface area contributed by atoms with Gasteiger partial charge in [0.2, 0.25) is 5.91 Å². The third-order valence-electron chi connectivity index (χ3n) is 5.45. The van der Waals surface area contributed by atoms with Gasteiger partial charge in [-0.25, -0.2) is 8.78 Å². The van der Waals surface area contributed by atoms with Crippen molar-refractivity contribution in [1.82, 2.24) is 4.90 Å². The molecule has 2 nitrogen and oxygen atoms in total. The van der Waals surface area contributed by atoms with Crippen molar-refractivity contribution in [3.05, 3.63) is 77.4 Å². The Balaban J connectivity index is 1.71. The predicted octanol–water partition coefficient (Wildman–Crippen LogP) is 4.98. The summed E-state index contributed by atoms with van der Waals surface area (Å²) in [7, 11) is 0. The fourth-order valence-electron chi connectivity index (χ4n) is 3.73. The Bertz CT molecular complexity index is 858. The van der Waals surface area contributed by atoms with Gasteiger partial charge in [0, 0.05) is 18.0 Å². The molecule has 0 radical (unpaired) electrons. The van der Waals surface area contributed by atoms with E-state index in [-0.39, 0.29) is 23.4 Å². The number of carbonyl (C=O) groups excluding carboxylic acids is 1. The van der Waals surface area contributed by atoms with Crippen molar-refractivity contribution in [3.8, 4) is 0 Å². The van der Waals surface area contributed by atoms with Gasteiger partial charge in [-0.1, -0.05) is 43.3 Å². The first kappa shape index (κ1) is 17.0. The van der Waals surface area contributed by atoms with Gasteiger partial charge in [-0.15, -0.1) is 0 Å². The van der Waals surface area contributed by atoms with Crippen LogP contribution in [-0.2, 0) is 4.79 Å². The van der Waals surface area contributed by atoms with E-state index < -0.39 is 11.6 Å². The third-order valence-corrected chi connectivity index (χ3v) is 5.45. The van der Waals surface area contributed by atoms with Gasteiger partial charge < -0.3 is 4.90 Å². The molecule has 0 unspecified atom stereocenters. The average Bonchev–Trinajstić information content (AvgIpc) is 3.41. The molecule has 0 N–H and O–H groups in total. The van der Waals surface area contributed by atoms with Crippen molar-refractivity contribution in [2.75, 3.05) is 6.54 Å². The molecule has 26 heavy (non-hydrogen) atoms. The van der Waals surface area contributed by atoms with Crippen LogP contribution >= 0.6 is 0 Å². The largest absolute Gasteiger partial charge is 0.328 e. The normalized spacial score (nSPS) is 20.8. The maximum absolute atomic E-state index is 14.3. The molecule has 2 aromatic carbocycles. The van der Waals surface area contributed by atoms with E-state index in [2.05, 4.69) is 0 Å². The van der Waals surface area contributed by atoms with Crippen molar-refractivity contribution in [2.45, 2.75) is 25.8 Å². The maximum Gasteiger partial charge on any atom is 0.226 e. The molecular formula is C22H21F2NO. The number of benzene rings is 2. The van der Waals surface area contributed by atoms with Gasteiger partial charge in [-0.3, -0.25) is 4.79 Å². The smallest absolute Gasteiger partial charge is 0.226 e. The lowest BCUT2D eigenvalue weighted by atomic mass is 10.0. The summed E-state index contributed by atoms with van der Waals surface area (Å²) < 4.78 is 27.9. The first-order valence-corrected chi connectivity index (χ1v) is 9.06. The topological polar surface area (TPSA) is 20.3 Å². The Morgan fingerprint density at radius 3 is 2.54 bits per heavy atom. The molecule has 1 aliphatic heterocycles. The van der Waals surface area contributed by atoms with Crippen LogP contribution in [0.4, 0.5) is 8.78 Å². The zero-order valence-electron chi connectivity index (χ0n) is 14.7. The third kappa shape index (κ3) is 3.16. The summed E-state index contributed by atoms with van der Waals surface area (Å²) in [6.07, 6.45) is 4.08. The number of nitrogens with zero attached hydrogens (tertiary/aromatic N) is 1. The summed E-state index contributed by atoms with van der Waals surface area (Å²) in [6, 6.07) is 12.9. The van der Waals surface area contributed by atoms with Gasteiger partial charge in [0.1, 0.15) is 11.6 Å². The average molecular weight is 353 g/mol. The van der Waals surface area contributed by atoms with Crippen molar-refractivity contribution >= 4 is 11.5 Å². The summed E-state index contributed by atoms with van der Waals surface area (Å²) in [4.78, 5) is 14.9. The lowest BCUT2D eigenvalue weighted by molar-refractivity contribution is -0.136. The molecule has 1 amide bonds. The number of hydrogen-bond donors (Lipinski definition) is 0. The molecule has 2 atom stereocenters. The molecule has 0 saturated heterocycles. The summed E-state index contributed by atoms with van der Waals surface area (Å²) in [5, 5.41) is 0. The Morgan fingerprint density at radius 1 is 1.12 bits per heavy atom. The Kier molecular flexibility index (Phi) is 4.35. The van der Waals surface area contributed by atoms with Crippen LogP contribution in [0, 0.1) is 23.5 Å². The Hall–Kier alpha value is -2.49. The minimum absolute atomic E-state index is 0.0358. The highest BCUT2D eigenvalue weighted by Crippen LogP contribution is 2.41. The van der Waals surface area contributed by atoms with Crippen LogP contribution in [0.2, 0.25) is 0 Å². The zero-order valence-corrected chi connectivity index (χ0v) is 14.7. The van der Waals surface area contributed by atoms with Gasteiger partial charge in [-0.2, -0.15) is 0 Å². The zero-order chi connectivity index (χ0) is 18.3. The van der Waals surface area contributed by atoms with E-state index >= 15 is 0 Å². The van der Waals surface area contributed by atoms with Crippen LogP contribution in [-0.4, -0.2) is 17.4 Å². The molecule has 1 saturated carbocycles. The maximum atomic E-state index is 14.3. The SMILES string of the molecule is C[C@H](C(=O)N1CC(c2cc(F)ccc2F)=C[C@H]1c1ccccc1)C1CC1. The first-order valence-electron chi connectivity index (χ1n) is 9.06. The van der Waals surface area contributed by atoms with Gasteiger partial charge in [0.05, 0.1) is 6.04 Å². The molecule has 2 aliphatic rings. The van der Waals surface area contributed by atoms with E-state index in [4.69, 9.17) is 0 Å². The molecule has 134 valence electrons. The minimum Gasteiger partial charge on any atom is -0.328 e. The molecule has 1 aliphatic carbocycles. The van der Waals surface area contributed by atoms with E-state index in [1.54, 1.807) is 4.90 Å². The summed E-state index contributed by atoms with van der Waals surface area (Å²) >= 11 is 0. The van der Waals surface area contributed by atoms with E-state index in [9.17, 15) is 13.6 Å². The van der Waals surface area contributed by atoms with Gasteiger partial charge >= 0.3 is 0 Å². The van der Waals surface area contributed by atoms with Crippen molar-refractivity contribution in [1.29, 1.82) is 0 Å². The van der Waals surface area contributed by atoms with Crippen molar-refractivity contribution in [2.24, 2.45) is 11.8 Å². The molecule has 0 bridgehead atoms. The van der Waals surface area contributed by atoms with Crippen LogP contribution in [0.3, 0.4) is 0 Å². The first-order chi connectivity index (χ1) is 12.5. The highest BCUT2D eigenvalue weighted by Gasteiger charge is 2.39. The van der Waals surface area contributed by atoms with Crippen LogP contribution < -0.4 is 0 Å². The molecule has 1 heterocycles.